The number of aromatic nitrogens is 2. The highest BCUT2D eigenvalue weighted by molar-refractivity contribution is 5.28. The van der Waals surface area contributed by atoms with Gasteiger partial charge in [0.25, 0.3) is 0 Å². The van der Waals surface area contributed by atoms with E-state index in [4.69, 9.17) is 4.74 Å². The summed E-state index contributed by atoms with van der Waals surface area (Å²) in [5.41, 5.74) is 3.54. The van der Waals surface area contributed by atoms with Crippen molar-refractivity contribution in [2.75, 3.05) is 13.2 Å². The van der Waals surface area contributed by atoms with Crippen LogP contribution in [-0.4, -0.2) is 23.2 Å². The van der Waals surface area contributed by atoms with Crippen molar-refractivity contribution in [1.29, 1.82) is 0 Å². The summed E-state index contributed by atoms with van der Waals surface area (Å²) in [4.78, 5) is 9.02. The van der Waals surface area contributed by atoms with Gasteiger partial charge in [-0.25, -0.2) is 9.97 Å². The van der Waals surface area contributed by atoms with Gasteiger partial charge in [-0.1, -0.05) is 0 Å². The molecule has 1 aromatic heterocycles. The summed E-state index contributed by atoms with van der Waals surface area (Å²) in [6, 6.07) is 0. The number of fused-ring (bicyclic) bond motifs is 1. The van der Waals surface area contributed by atoms with Gasteiger partial charge in [-0.3, -0.25) is 0 Å². The quantitative estimate of drug-likeness (QED) is 0.747. The summed E-state index contributed by atoms with van der Waals surface area (Å²) in [6.45, 7) is 7.30. The van der Waals surface area contributed by atoms with Crippen molar-refractivity contribution in [1.82, 2.24) is 15.3 Å². The van der Waals surface area contributed by atoms with Gasteiger partial charge in [0.15, 0.2) is 0 Å². The highest BCUT2D eigenvalue weighted by Gasteiger charge is 2.15. The molecule has 15 heavy (non-hydrogen) atoms. The van der Waals surface area contributed by atoms with E-state index in [9.17, 15) is 0 Å². The molecule has 0 aromatic carbocycles. The Kier molecular flexibility index (Phi) is 3.28. The van der Waals surface area contributed by atoms with Crippen molar-refractivity contribution in [2.45, 2.75) is 33.4 Å². The third-order valence-corrected chi connectivity index (χ3v) is 2.61. The SMILES string of the molecule is CCOCCc1nc(C)c2c(n1)CNC2. The minimum atomic E-state index is 0.710. The Labute approximate surface area is 90.1 Å². The number of aryl methyl sites for hydroxylation is 1. The summed E-state index contributed by atoms with van der Waals surface area (Å²) in [5.74, 6) is 0.906. The maximum Gasteiger partial charge on any atom is 0.131 e. The summed E-state index contributed by atoms with van der Waals surface area (Å²) in [5, 5.41) is 3.29. The molecule has 2 heterocycles. The Hall–Kier alpha value is -1.00. The second kappa shape index (κ2) is 4.68. The molecule has 0 aliphatic carbocycles. The van der Waals surface area contributed by atoms with Crippen LogP contribution in [0.3, 0.4) is 0 Å². The largest absolute Gasteiger partial charge is 0.381 e. The minimum absolute atomic E-state index is 0.710. The first-order valence-corrected chi connectivity index (χ1v) is 5.45. The second-order valence-electron chi connectivity index (χ2n) is 3.70. The molecule has 0 bridgehead atoms. The fraction of sp³-hybridized carbons (Fsp3) is 0.636. The number of nitrogens with one attached hydrogen (secondary N) is 1. The van der Waals surface area contributed by atoms with Crippen LogP contribution in [0.4, 0.5) is 0 Å². The number of nitrogens with zero attached hydrogens (tertiary/aromatic N) is 2. The Bertz CT molecular complexity index is 352. The van der Waals surface area contributed by atoms with Crippen LogP contribution in [0.2, 0.25) is 0 Å². The molecule has 1 aliphatic heterocycles. The molecule has 4 heteroatoms. The zero-order valence-electron chi connectivity index (χ0n) is 9.34. The third kappa shape index (κ3) is 2.33. The van der Waals surface area contributed by atoms with E-state index in [0.29, 0.717) is 6.61 Å². The number of ether oxygens (including phenoxy) is 1. The van der Waals surface area contributed by atoms with Crippen LogP contribution in [-0.2, 0) is 24.2 Å². The molecule has 0 amide bonds. The Morgan fingerprint density at radius 1 is 1.33 bits per heavy atom. The van der Waals surface area contributed by atoms with Gasteiger partial charge in [0.05, 0.1) is 12.3 Å². The van der Waals surface area contributed by atoms with Crippen LogP contribution in [0, 0.1) is 6.92 Å². The van der Waals surface area contributed by atoms with E-state index in [1.807, 2.05) is 6.92 Å². The molecule has 0 saturated heterocycles. The molecule has 0 radical (unpaired) electrons. The van der Waals surface area contributed by atoms with Crippen molar-refractivity contribution in [3.63, 3.8) is 0 Å². The van der Waals surface area contributed by atoms with Gasteiger partial charge >= 0.3 is 0 Å². The van der Waals surface area contributed by atoms with Gasteiger partial charge in [0.2, 0.25) is 0 Å². The normalized spacial score (nSPS) is 14.3. The van der Waals surface area contributed by atoms with Crippen LogP contribution < -0.4 is 5.32 Å². The van der Waals surface area contributed by atoms with Crippen molar-refractivity contribution in [2.24, 2.45) is 0 Å². The first-order chi connectivity index (χ1) is 7.31. The molecule has 82 valence electrons. The molecule has 1 aromatic rings. The summed E-state index contributed by atoms with van der Waals surface area (Å²) >= 11 is 0. The van der Waals surface area contributed by atoms with Gasteiger partial charge in [-0.15, -0.1) is 0 Å². The van der Waals surface area contributed by atoms with E-state index in [1.54, 1.807) is 0 Å². The maximum absolute atomic E-state index is 5.30. The molecule has 0 unspecified atom stereocenters. The molecular weight excluding hydrogens is 190 g/mol. The van der Waals surface area contributed by atoms with Gasteiger partial charge in [-0.2, -0.15) is 0 Å². The third-order valence-electron chi connectivity index (χ3n) is 2.61. The number of rotatable bonds is 4. The van der Waals surface area contributed by atoms with E-state index in [-0.39, 0.29) is 0 Å². The Morgan fingerprint density at radius 2 is 2.20 bits per heavy atom. The van der Waals surface area contributed by atoms with E-state index in [2.05, 4.69) is 22.2 Å². The predicted molar refractivity (Wildman–Crippen MR) is 57.5 cm³/mol. The topological polar surface area (TPSA) is 47.0 Å². The molecule has 0 saturated carbocycles. The molecule has 1 aliphatic rings. The first-order valence-electron chi connectivity index (χ1n) is 5.45. The van der Waals surface area contributed by atoms with Crippen LogP contribution in [0.5, 0.6) is 0 Å². The molecule has 4 nitrogen and oxygen atoms in total. The van der Waals surface area contributed by atoms with Crippen molar-refractivity contribution in [3.8, 4) is 0 Å². The lowest BCUT2D eigenvalue weighted by Gasteiger charge is -2.06. The summed E-state index contributed by atoms with van der Waals surface area (Å²) in [7, 11) is 0. The fourth-order valence-corrected chi connectivity index (χ4v) is 1.82. The van der Waals surface area contributed by atoms with E-state index >= 15 is 0 Å². The fourth-order valence-electron chi connectivity index (χ4n) is 1.82. The molecule has 0 atom stereocenters. The Balaban J connectivity index is 2.09. The highest BCUT2D eigenvalue weighted by atomic mass is 16.5. The Morgan fingerprint density at radius 3 is 3.00 bits per heavy atom. The highest BCUT2D eigenvalue weighted by Crippen LogP contribution is 2.16. The zero-order valence-corrected chi connectivity index (χ0v) is 9.34. The average Bonchev–Trinajstić information content (AvgIpc) is 2.66. The van der Waals surface area contributed by atoms with E-state index < -0.39 is 0 Å². The lowest BCUT2D eigenvalue weighted by molar-refractivity contribution is 0.149. The second-order valence-corrected chi connectivity index (χ2v) is 3.70. The lowest BCUT2D eigenvalue weighted by Crippen LogP contribution is -2.07. The molecular formula is C11H17N3O. The molecule has 2 rings (SSSR count). The lowest BCUT2D eigenvalue weighted by atomic mass is 10.2. The maximum atomic E-state index is 5.30. The monoisotopic (exact) mass is 207 g/mol. The first kappa shape index (κ1) is 10.5. The zero-order chi connectivity index (χ0) is 10.7. The van der Waals surface area contributed by atoms with Gasteiger partial charge < -0.3 is 10.1 Å². The van der Waals surface area contributed by atoms with Crippen LogP contribution in [0.25, 0.3) is 0 Å². The number of hydrogen-bond acceptors (Lipinski definition) is 4. The van der Waals surface area contributed by atoms with Gasteiger partial charge in [-0.05, 0) is 13.8 Å². The molecule has 0 spiro atoms. The predicted octanol–water partition coefficient (Wildman–Crippen LogP) is 0.967. The van der Waals surface area contributed by atoms with Crippen LogP contribution in [0.15, 0.2) is 0 Å². The van der Waals surface area contributed by atoms with E-state index in [1.165, 1.54) is 5.56 Å². The minimum Gasteiger partial charge on any atom is -0.381 e. The van der Waals surface area contributed by atoms with Crippen molar-refractivity contribution < 1.29 is 4.74 Å². The van der Waals surface area contributed by atoms with Crippen molar-refractivity contribution in [3.05, 3.63) is 22.8 Å². The van der Waals surface area contributed by atoms with E-state index in [0.717, 1.165) is 43.3 Å². The molecule has 1 N–H and O–H groups in total. The number of hydrogen-bond donors (Lipinski definition) is 1. The summed E-state index contributed by atoms with van der Waals surface area (Å²) < 4.78 is 5.30. The molecule has 0 fully saturated rings. The van der Waals surface area contributed by atoms with Crippen molar-refractivity contribution >= 4 is 0 Å². The standard InChI is InChI=1S/C11H17N3O/c1-3-15-5-4-11-13-8(2)9-6-12-7-10(9)14-11/h12H,3-7H2,1-2H3. The smallest absolute Gasteiger partial charge is 0.131 e. The van der Waals surface area contributed by atoms with Gasteiger partial charge in [0.1, 0.15) is 5.82 Å². The van der Waals surface area contributed by atoms with Crippen LogP contribution in [0.1, 0.15) is 29.7 Å². The summed E-state index contributed by atoms with van der Waals surface area (Å²) in [6.07, 6.45) is 0.808. The average molecular weight is 207 g/mol. The van der Waals surface area contributed by atoms with Gasteiger partial charge in [0, 0.05) is 37.4 Å². The van der Waals surface area contributed by atoms with Crippen LogP contribution >= 0.6 is 0 Å².